The molecule has 60 valence electrons. The summed E-state index contributed by atoms with van der Waals surface area (Å²) < 4.78 is 0. The zero-order chi connectivity index (χ0) is 7.98. The average Bonchev–Trinajstić information content (AvgIpc) is 1.88. The Hall–Kier alpha value is -0.340. The maximum Gasteiger partial charge on any atom is 0.0165 e. The Labute approximate surface area is 63.7 Å². The molecule has 2 N–H and O–H groups in total. The third-order valence-corrected chi connectivity index (χ3v) is 1.51. The smallest absolute Gasteiger partial charge is 0.0165 e. The summed E-state index contributed by atoms with van der Waals surface area (Å²) in [4.78, 5) is 2.17. The lowest BCUT2D eigenvalue weighted by molar-refractivity contribution is 0.337. The van der Waals surface area contributed by atoms with Gasteiger partial charge in [-0.05, 0) is 13.5 Å². The first-order valence-corrected chi connectivity index (χ1v) is 3.75. The number of rotatable bonds is 5. The van der Waals surface area contributed by atoms with Gasteiger partial charge in [0.2, 0.25) is 0 Å². The van der Waals surface area contributed by atoms with Crippen LogP contribution >= 0.6 is 0 Å². The summed E-state index contributed by atoms with van der Waals surface area (Å²) in [6, 6.07) is 0.310. The molecular weight excluding hydrogens is 124 g/mol. The van der Waals surface area contributed by atoms with Crippen molar-refractivity contribution in [3.63, 3.8) is 0 Å². The van der Waals surface area contributed by atoms with Crippen LogP contribution < -0.4 is 5.73 Å². The van der Waals surface area contributed by atoms with E-state index in [9.17, 15) is 0 Å². The number of hydrogen-bond donors (Lipinski definition) is 1. The molecule has 0 aliphatic rings. The summed E-state index contributed by atoms with van der Waals surface area (Å²) in [5.74, 6) is 0. The van der Waals surface area contributed by atoms with E-state index in [1.807, 2.05) is 6.08 Å². The van der Waals surface area contributed by atoms with Crippen LogP contribution in [0.2, 0.25) is 0 Å². The molecule has 0 spiro atoms. The molecule has 0 rings (SSSR count). The van der Waals surface area contributed by atoms with Crippen molar-refractivity contribution in [3.8, 4) is 0 Å². The molecule has 0 aromatic rings. The van der Waals surface area contributed by atoms with Gasteiger partial charge in [-0.15, -0.1) is 6.58 Å². The second-order valence-electron chi connectivity index (χ2n) is 2.68. The molecular formula is C8H18N2. The number of nitrogens with two attached hydrogens (primary N) is 1. The van der Waals surface area contributed by atoms with Crippen molar-refractivity contribution in [1.29, 1.82) is 0 Å². The first-order chi connectivity index (χ1) is 4.70. The summed E-state index contributed by atoms with van der Waals surface area (Å²) >= 11 is 0. The van der Waals surface area contributed by atoms with E-state index in [1.54, 1.807) is 0 Å². The Morgan fingerprint density at radius 3 is 2.70 bits per heavy atom. The molecule has 0 unspecified atom stereocenters. The van der Waals surface area contributed by atoms with Crippen molar-refractivity contribution in [2.45, 2.75) is 19.4 Å². The van der Waals surface area contributed by atoms with E-state index in [2.05, 4.69) is 25.5 Å². The van der Waals surface area contributed by atoms with Gasteiger partial charge in [-0.1, -0.05) is 13.0 Å². The molecule has 0 radical (unpaired) electrons. The Morgan fingerprint density at radius 1 is 1.70 bits per heavy atom. The van der Waals surface area contributed by atoms with E-state index >= 15 is 0 Å². The van der Waals surface area contributed by atoms with Crippen LogP contribution in [0.3, 0.4) is 0 Å². The molecule has 0 amide bonds. The van der Waals surface area contributed by atoms with Crippen molar-refractivity contribution < 1.29 is 0 Å². The third kappa shape index (κ3) is 4.53. The molecule has 0 saturated carbocycles. The molecule has 0 aromatic heterocycles. The van der Waals surface area contributed by atoms with Gasteiger partial charge < -0.3 is 10.6 Å². The van der Waals surface area contributed by atoms with Crippen LogP contribution in [0.1, 0.15) is 13.3 Å². The summed E-state index contributed by atoms with van der Waals surface area (Å²) in [6.07, 6.45) is 2.93. The highest BCUT2D eigenvalue weighted by atomic mass is 15.1. The molecule has 0 saturated heterocycles. The van der Waals surface area contributed by atoms with E-state index in [1.165, 1.54) is 0 Å². The van der Waals surface area contributed by atoms with Gasteiger partial charge in [-0.25, -0.2) is 0 Å². The minimum Gasteiger partial charge on any atom is -0.327 e. The van der Waals surface area contributed by atoms with Crippen molar-refractivity contribution >= 4 is 0 Å². The molecule has 0 heterocycles. The van der Waals surface area contributed by atoms with E-state index in [0.29, 0.717) is 6.04 Å². The van der Waals surface area contributed by atoms with Crippen LogP contribution in [0.5, 0.6) is 0 Å². The summed E-state index contributed by atoms with van der Waals surface area (Å²) in [5.41, 5.74) is 5.73. The molecule has 1 atom stereocenters. The van der Waals surface area contributed by atoms with Gasteiger partial charge in [0, 0.05) is 19.1 Å². The lowest BCUT2D eigenvalue weighted by Crippen LogP contribution is -2.34. The fourth-order valence-corrected chi connectivity index (χ4v) is 0.824. The molecule has 0 fully saturated rings. The second-order valence-corrected chi connectivity index (χ2v) is 2.68. The molecule has 0 bridgehead atoms. The summed E-state index contributed by atoms with van der Waals surface area (Å²) in [6.45, 7) is 7.64. The topological polar surface area (TPSA) is 29.3 Å². The van der Waals surface area contributed by atoms with E-state index in [0.717, 1.165) is 19.5 Å². The number of nitrogens with zero attached hydrogens (tertiary/aromatic N) is 1. The monoisotopic (exact) mass is 142 g/mol. The quantitative estimate of drug-likeness (QED) is 0.576. The van der Waals surface area contributed by atoms with Gasteiger partial charge in [0.25, 0.3) is 0 Å². The molecule has 0 aromatic carbocycles. The molecule has 0 aliphatic carbocycles. The Balaban J connectivity index is 3.35. The van der Waals surface area contributed by atoms with Crippen LogP contribution in [-0.4, -0.2) is 31.1 Å². The largest absolute Gasteiger partial charge is 0.327 e. The number of likely N-dealkylation sites (N-methyl/N-ethyl adjacent to an activating group) is 1. The first kappa shape index (κ1) is 9.66. The molecule has 2 nitrogen and oxygen atoms in total. The first-order valence-electron chi connectivity index (χ1n) is 3.75. The van der Waals surface area contributed by atoms with Gasteiger partial charge in [-0.2, -0.15) is 0 Å². The predicted octanol–water partition coefficient (Wildman–Crippen LogP) is 0.842. The van der Waals surface area contributed by atoms with Gasteiger partial charge in [0.15, 0.2) is 0 Å². The molecule has 2 heteroatoms. The van der Waals surface area contributed by atoms with E-state index in [-0.39, 0.29) is 0 Å². The van der Waals surface area contributed by atoms with Crippen LogP contribution in [0.15, 0.2) is 12.7 Å². The fourth-order valence-electron chi connectivity index (χ4n) is 0.824. The van der Waals surface area contributed by atoms with Crippen molar-refractivity contribution in [2.24, 2.45) is 5.73 Å². The van der Waals surface area contributed by atoms with Crippen molar-refractivity contribution in [2.75, 3.05) is 20.1 Å². The van der Waals surface area contributed by atoms with Crippen LogP contribution in [0.4, 0.5) is 0 Å². The Morgan fingerprint density at radius 2 is 2.30 bits per heavy atom. The SMILES string of the molecule is C=CCN(C)C[C@H](N)CC. The highest BCUT2D eigenvalue weighted by molar-refractivity contribution is 4.73. The normalized spacial score (nSPS) is 13.6. The standard InChI is InChI=1S/C8H18N2/c1-4-6-10(3)7-8(9)5-2/h4,8H,1,5-7,9H2,2-3H3/t8-/m1/s1. The fraction of sp³-hybridized carbons (Fsp3) is 0.750. The van der Waals surface area contributed by atoms with Crippen molar-refractivity contribution in [1.82, 2.24) is 4.90 Å². The van der Waals surface area contributed by atoms with Gasteiger partial charge in [0.05, 0.1) is 0 Å². The predicted molar refractivity (Wildman–Crippen MR) is 46.0 cm³/mol. The zero-order valence-corrected chi connectivity index (χ0v) is 7.01. The lowest BCUT2D eigenvalue weighted by atomic mass is 10.2. The Bertz CT molecular complexity index is 91.3. The maximum atomic E-state index is 5.73. The minimum absolute atomic E-state index is 0.310. The van der Waals surface area contributed by atoms with E-state index < -0.39 is 0 Å². The Kier molecular flexibility index (Phi) is 5.26. The van der Waals surface area contributed by atoms with Gasteiger partial charge >= 0.3 is 0 Å². The number of hydrogen-bond acceptors (Lipinski definition) is 2. The van der Waals surface area contributed by atoms with Crippen molar-refractivity contribution in [3.05, 3.63) is 12.7 Å². The maximum absolute atomic E-state index is 5.73. The minimum atomic E-state index is 0.310. The van der Waals surface area contributed by atoms with E-state index in [4.69, 9.17) is 5.73 Å². The van der Waals surface area contributed by atoms with Gasteiger partial charge in [-0.3, -0.25) is 0 Å². The third-order valence-electron chi connectivity index (χ3n) is 1.51. The lowest BCUT2D eigenvalue weighted by Gasteiger charge is -2.17. The van der Waals surface area contributed by atoms with Crippen LogP contribution in [0.25, 0.3) is 0 Å². The summed E-state index contributed by atoms with van der Waals surface area (Å²) in [7, 11) is 2.05. The highest BCUT2D eigenvalue weighted by Gasteiger charge is 2.01. The zero-order valence-electron chi connectivity index (χ0n) is 7.01. The molecule has 10 heavy (non-hydrogen) atoms. The second kappa shape index (κ2) is 5.45. The van der Waals surface area contributed by atoms with Gasteiger partial charge in [0.1, 0.15) is 0 Å². The highest BCUT2D eigenvalue weighted by Crippen LogP contribution is 1.90. The summed E-state index contributed by atoms with van der Waals surface area (Å²) in [5, 5.41) is 0. The average molecular weight is 142 g/mol. The van der Waals surface area contributed by atoms with Crippen LogP contribution in [0, 0.1) is 0 Å². The molecule has 0 aliphatic heterocycles. The van der Waals surface area contributed by atoms with Crippen LogP contribution in [-0.2, 0) is 0 Å².